The van der Waals surface area contributed by atoms with Gasteiger partial charge < -0.3 is 10.1 Å². The summed E-state index contributed by atoms with van der Waals surface area (Å²) in [6, 6.07) is 32.6. The highest BCUT2D eigenvalue weighted by Gasteiger charge is 2.37. The third kappa shape index (κ3) is 4.19. The van der Waals surface area contributed by atoms with Crippen LogP contribution in [0.25, 0.3) is 22.0 Å². The van der Waals surface area contributed by atoms with Crippen LogP contribution >= 0.6 is 0 Å². The molecule has 0 bridgehead atoms. The third-order valence-corrected chi connectivity index (χ3v) is 7.00. The molecule has 2 N–H and O–H groups in total. The second-order valence-electron chi connectivity index (χ2n) is 9.45. The van der Waals surface area contributed by atoms with Gasteiger partial charge in [-0.1, -0.05) is 103 Å². The van der Waals surface area contributed by atoms with Crippen molar-refractivity contribution in [1.82, 2.24) is 10.2 Å². The second kappa shape index (κ2) is 9.43. The van der Waals surface area contributed by atoms with Crippen molar-refractivity contribution >= 4 is 22.6 Å². The molecule has 0 saturated carbocycles. The second-order valence-corrected chi connectivity index (χ2v) is 9.45. The van der Waals surface area contributed by atoms with Gasteiger partial charge in [-0.05, 0) is 41.3 Å². The summed E-state index contributed by atoms with van der Waals surface area (Å²) >= 11 is 0. The molecule has 0 spiro atoms. The number of ether oxygens (including phenoxy) is 1. The summed E-state index contributed by atoms with van der Waals surface area (Å²) in [5.74, 6) is 0.0276. The van der Waals surface area contributed by atoms with Crippen LogP contribution in [0.3, 0.4) is 0 Å². The van der Waals surface area contributed by atoms with Crippen LogP contribution in [0.2, 0.25) is 0 Å². The lowest BCUT2D eigenvalue weighted by Gasteiger charge is -2.29. The zero-order valence-corrected chi connectivity index (χ0v) is 20.8. The molecular formula is C32H27N3O2. The molecule has 1 aliphatic heterocycles. The molecule has 0 saturated heterocycles. The Kier molecular flexibility index (Phi) is 5.81. The molecule has 6 rings (SSSR count). The number of H-pyrrole nitrogens is 1. The summed E-state index contributed by atoms with van der Waals surface area (Å²) in [4.78, 5) is 13.8. The van der Waals surface area contributed by atoms with E-state index in [0.29, 0.717) is 5.57 Å². The van der Waals surface area contributed by atoms with Gasteiger partial charge in [0.2, 0.25) is 0 Å². The zero-order valence-electron chi connectivity index (χ0n) is 20.8. The van der Waals surface area contributed by atoms with Crippen molar-refractivity contribution in [2.45, 2.75) is 26.4 Å². The maximum absolute atomic E-state index is 13.8. The highest BCUT2D eigenvalue weighted by atomic mass is 16.5. The standard InChI is InChI=1S/C32H27N3O2/c1-20-15-17-24(18-16-20)30-29-28(26-14-8-12-23-11-6-7-13-25(23)26)27(21(2)33-31(29)35-34-30)32(36)37-19-22-9-4-3-5-10-22/h3-18,28H,19H2,1-2H3,(H2,33,34,35). The molecule has 5 aromatic rings. The number of hydrogen-bond acceptors (Lipinski definition) is 4. The number of nitrogens with one attached hydrogen (secondary N) is 2. The Balaban J connectivity index is 1.51. The number of fused-ring (bicyclic) bond motifs is 2. The number of nitrogens with zero attached hydrogens (tertiary/aromatic N) is 1. The minimum absolute atomic E-state index is 0.210. The third-order valence-electron chi connectivity index (χ3n) is 7.00. The number of benzene rings is 4. The van der Waals surface area contributed by atoms with Gasteiger partial charge in [-0.25, -0.2) is 4.79 Å². The smallest absolute Gasteiger partial charge is 0.337 e. The molecule has 0 aliphatic carbocycles. The predicted octanol–water partition coefficient (Wildman–Crippen LogP) is 7.11. The summed E-state index contributed by atoms with van der Waals surface area (Å²) in [5.41, 5.74) is 7.36. The fourth-order valence-corrected chi connectivity index (χ4v) is 5.16. The van der Waals surface area contributed by atoms with Crippen molar-refractivity contribution < 1.29 is 9.53 Å². The number of carbonyl (C=O) groups is 1. The SMILES string of the molecule is CC1=C(C(=O)OCc2ccccc2)C(c2cccc3ccccc23)c2c(n[nH]c2-c2ccc(C)cc2)N1. The van der Waals surface area contributed by atoms with Gasteiger partial charge in [0, 0.05) is 17.2 Å². The Bertz CT molecular complexity index is 1630. The maximum atomic E-state index is 13.8. The van der Waals surface area contributed by atoms with Gasteiger partial charge in [-0.2, -0.15) is 5.10 Å². The number of esters is 1. The van der Waals surface area contributed by atoms with Gasteiger partial charge >= 0.3 is 5.97 Å². The average molecular weight is 486 g/mol. The van der Waals surface area contributed by atoms with E-state index in [4.69, 9.17) is 4.74 Å². The number of hydrogen-bond donors (Lipinski definition) is 2. The first-order valence-electron chi connectivity index (χ1n) is 12.4. The lowest BCUT2D eigenvalue weighted by molar-refractivity contribution is -0.140. The molecule has 2 heterocycles. The van der Waals surface area contributed by atoms with E-state index in [-0.39, 0.29) is 18.5 Å². The van der Waals surface area contributed by atoms with Crippen molar-refractivity contribution in [1.29, 1.82) is 0 Å². The first kappa shape index (κ1) is 22.8. The van der Waals surface area contributed by atoms with Crippen LogP contribution in [0.5, 0.6) is 0 Å². The van der Waals surface area contributed by atoms with Crippen LogP contribution < -0.4 is 5.32 Å². The topological polar surface area (TPSA) is 67.0 Å². The van der Waals surface area contributed by atoms with Gasteiger partial charge in [0.1, 0.15) is 6.61 Å². The summed E-state index contributed by atoms with van der Waals surface area (Å²) in [7, 11) is 0. The molecule has 1 aromatic heterocycles. The van der Waals surface area contributed by atoms with Crippen molar-refractivity contribution in [2.75, 3.05) is 5.32 Å². The van der Waals surface area contributed by atoms with Crippen molar-refractivity contribution in [3.8, 4) is 11.3 Å². The first-order valence-corrected chi connectivity index (χ1v) is 12.4. The Labute approximate surface area is 215 Å². The van der Waals surface area contributed by atoms with Crippen molar-refractivity contribution in [2.24, 2.45) is 0 Å². The number of rotatable bonds is 5. The van der Waals surface area contributed by atoms with Crippen LogP contribution in [0.15, 0.2) is 108 Å². The molecule has 1 atom stereocenters. The summed E-state index contributed by atoms with van der Waals surface area (Å²) in [5, 5.41) is 13.5. The molecule has 0 fully saturated rings. The number of allylic oxidation sites excluding steroid dienone is 1. The molecule has 0 radical (unpaired) electrons. The lowest BCUT2D eigenvalue weighted by atomic mass is 9.79. The van der Waals surface area contributed by atoms with E-state index in [1.165, 1.54) is 5.56 Å². The summed E-state index contributed by atoms with van der Waals surface area (Å²) in [6.07, 6.45) is 0. The molecule has 37 heavy (non-hydrogen) atoms. The fourth-order valence-electron chi connectivity index (χ4n) is 5.16. The van der Waals surface area contributed by atoms with Gasteiger partial charge in [-0.3, -0.25) is 5.10 Å². The highest BCUT2D eigenvalue weighted by Crippen LogP contribution is 2.47. The number of anilines is 1. The van der Waals surface area contributed by atoms with Crippen molar-refractivity contribution in [3.05, 3.63) is 131 Å². The number of carbonyl (C=O) groups excluding carboxylic acids is 1. The van der Waals surface area contributed by atoms with E-state index in [1.807, 2.05) is 55.5 Å². The van der Waals surface area contributed by atoms with Crippen LogP contribution in [0.1, 0.15) is 35.1 Å². The maximum Gasteiger partial charge on any atom is 0.337 e. The molecule has 182 valence electrons. The molecule has 1 unspecified atom stereocenters. The van der Waals surface area contributed by atoms with Gasteiger partial charge in [-0.15, -0.1) is 0 Å². The predicted molar refractivity (Wildman–Crippen MR) is 147 cm³/mol. The van der Waals surface area contributed by atoms with E-state index in [9.17, 15) is 4.79 Å². The summed E-state index contributed by atoms with van der Waals surface area (Å²) < 4.78 is 5.89. The minimum Gasteiger partial charge on any atom is -0.457 e. The van der Waals surface area contributed by atoms with E-state index >= 15 is 0 Å². The molecule has 0 amide bonds. The van der Waals surface area contributed by atoms with E-state index in [0.717, 1.165) is 50.2 Å². The van der Waals surface area contributed by atoms with Crippen LogP contribution in [-0.2, 0) is 16.1 Å². The average Bonchev–Trinajstić information content (AvgIpc) is 3.35. The molecule has 5 nitrogen and oxygen atoms in total. The first-order chi connectivity index (χ1) is 18.1. The van der Waals surface area contributed by atoms with Crippen molar-refractivity contribution in [3.63, 3.8) is 0 Å². The Morgan fingerprint density at radius 1 is 0.865 bits per heavy atom. The summed E-state index contributed by atoms with van der Waals surface area (Å²) in [6.45, 7) is 4.20. The monoisotopic (exact) mass is 485 g/mol. The minimum atomic E-state index is -0.360. The van der Waals surface area contributed by atoms with Gasteiger partial charge in [0.05, 0.1) is 11.3 Å². The van der Waals surface area contributed by atoms with Crippen LogP contribution in [0, 0.1) is 6.92 Å². The largest absolute Gasteiger partial charge is 0.457 e. The Hall–Kier alpha value is -4.64. The van der Waals surface area contributed by atoms with E-state index in [1.54, 1.807) is 0 Å². The molecule has 4 aromatic carbocycles. The Morgan fingerprint density at radius 2 is 1.59 bits per heavy atom. The number of aromatic amines is 1. The number of aromatic nitrogens is 2. The zero-order chi connectivity index (χ0) is 25.4. The van der Waals surface area contributed by atoms with Crippen LogP contribution in [0.4, 0.5) is 5.82 Å². The Morgan fingerprint density at radius 3 is 2.41 bits per heavy atom. The fraction of sp³-hybridized carbons (Fsp3) is 0.125. The van der Waals surface area contributed by atoms with E-state index < -0.39 is 0 Å². The van der Waals surface area contributed by atoms with Crippen LogP contribution in [-0.4, -0.2) is 16.2 Å². The molecule has 1 aliphatic rings. The molecule has 5 heteroatoms. The van der Waals surface area contributed by atoms with Gasteiger partial charge in [0.25, 0.3) is 0 Å². The quantitative estimate of drug-likeness (QED) is 0.260. The molecular weight excluding hydrogens is 458 g/mol. The normalized spacial score (nSPS) is 14.8. The highest BCUT2D eigenvalue weighted by molar-refractivity contribution is 5.98. The number of aryl methyl sites for hydroxylation is 1. The van der Waals surface area contributed by atoms with Gasteiger partial charge in [0.15, 0.2) is 5.82 Å². The van der Waals surface area contributed by atoms with E-state index in [2.05, 4.69) is 71.0 Å². The lowest BCUT2D eigenvalue weighted by Crippen LogP contribution is -2.24.